The SMILES string of the molecule is CC(C)C(CO)(CO)Cc1ccc(Cl)cc1F. The lowest BCUT2D eigenvalue weighted by atomic mass is 9.74. The van der Waals surface area contributed by atoms with E-state index in [1.165, 1.54) is 6.07 Å². The third kappa shape index (κ3) is 3.18. The van der Waals surface area contributed by atoms with E-state index in [0.29, 0.717) is 17.0 Å². The predicted octanol–water partition coefficient (Wildman–Crippen LogP) is 2.65. The fourth-order valence-electron chi connectivity index (χ4n) is 1.78. The molecule has 0 aliphatic carbocycles. The van der Waals surface area contributed by atoms with E-state index in [2.05, 4.69) is 0 Å². The van der Waals surface area contributed by atoms with Gasteiger partial charge in [0.1, 0.15) is 5.82 Å². The number of aliphatic hydroxyl groups is 2. The van der Waals surface area contributed by atoms with Crippen LogP contribution in [-0.4, -0.2) is 23.4 Å². The molecule has 0 saturated carbocycles. The van der Waals surface area contributed by atoms with Crippen LogP contribution < -0.4 is 0 Å². The van der Waals surface area contributed by atoms with Crippen LogP contribution in [0.25, 0.3) is 0 Å². The Morgan fingerprint density at radius 3 is 2.29 bits per heavy atom. The van der Waals surface area contributed by atoms with Gasteiger partial charge in [-0.3, -0.25) is 0 Å². The number of hydrogen-bond donors (Lipinski definition) is 2. The van der Waals surface area contributed by atoms with Crippen molar-refractivity contribution >= 4 is 11.6 Å². The Kier molecular flexibility index (Phi) is 4.92. The van der Waals surface area contributed by atoms with Crippen LogP contribution in [0.3, 0.4) is 0 Å². The predicted molar refractivity (Wildman–Crippen MR) is 66.6 cm³/mol. The largest absolute Gasteiger partial charge is 0.396 e. The summed E-state index contributed by atoms with van der Waals surface area (Å²) in [6.07, 6.45) is 0.292. The van der Waals surface area contributed by atoms with Gasteiger partial charge >= 0.3 is 0 Å². The third-order valence-electron chi connectivity index (χ3n) is 3.41. The van der Waals surface area contributed by atoms with E-state index < -0.39 is 11.2 Å². The van der Waals surface area contributed by atoms with Gasteiger partial charge in [-0.2, -0.15) is 0 Å². The molecule has 0 heterocycles. The van der Waals surface area contributed by atoms with Gasteiger partial charge < -0.3 is 10.2 Å². The van der Waals surface area contributed by atoms with Gasteiger partial charge in [0.15, 0.2) is 0 Å². The Morgan fingerprint density at radius 1 is 1.29 bits per heavy atom. The maximum atomic E-state index is 13.7. The Balaban J connectivity index is 3.01. The summed E-state index contributed by atoms with van der Waals surface area (Å²) in [4.78, 5) is 0. The molecule has 1 rings (SSSR count). The minimum absolute atomic E-state index is 0.0487. The molecule has 2 nitrogen and oxygen atoms in total. The lowest BCUT2D eigenvalue weighted by Gasteiger charge is -2.34. The number of benzene rings is 1. The van der Waals surface area contributed by atoms with Gasteiger partial charge in [0.05, 0.1) is 13.2 Å². The lowest BCUT2D eigenvalue weighted by Crippen LogP contribution is -2.38. The van der Waals surface area contributed by atoms with Gasteiger partial charge in [-0.25, -0.2) is 4.39 Å². The first-order valence-electron chi connectivity index (χ1n) is 5.61. The molecule has 0 aromatic heterocycles. The quantitative estimate of drug-likeness (QED) is 0.855. The zero-order valence-electron chi connectivity index (χ0n) is 10.1. The number of halogens is 2. The van der Waals surface area contributed by atoms with Gasteiger partial charge in [-0.1, -0.05) is 31.5 Å². The van der Waals surface area contributed by atoms with Gasteiger partial charge in [-0.15, -0.1) is 0 Å². The lowest BCUT2D eigenvalue weighted by molar-refractivity contribution is 0.0157. The monoisotopic (exact) mass is 260 g/mol. The third-order valence-corrected chi connectivity index (χ3v) is 3.65. The molecule has 17 heavy (non-hydrogen) atoms. The maximum absolute atomic E-state index is 13.7. The molecule has 4 heteroatoms. The van der Waals surface area contributed by atoms with Crippen molar-refractivity contribution < 1.29 is 14.6 Å². The van der Waals surface area contributed by atoms with Crippen molar-refractivity contribution in [3.8, 4) is 0 Å². The second-order valence-corrected chi connectivity index (χ2v) is 5.18. The molecular weight excluding hydrogens is 243 g/mol. The molecule has 0 saturated heterocycles. The maximum Gasteiger partial charge on any atom is 0.127 e. The zero-order valence-corrected chi connectivity index (χ0v) is 10.8. The molecule has 0 atom stereocenters. The molecule has 0 fully saturated rings. The first kappa shape index (κ1) is 14.4. The summed E-state index contributed by atoms with van der Waals surface area (Å²) >= 11 is 5.68. The minimum Gasteiger partial charge on any atom is -0.396 e. The first-order valence-corrected chi connectivity index (χ1v) is 5.98. The average molecular weight is 261 g/mol. The van der Waals surface area contributed by atoms with E-state index in [9.17, 15) is 14.6 Å². The minimum atomic E-state index is -0.700. The van der Waals surface area contributed by atoms with Crippen molar-refractivity contribution in [2.24, 2.45) is 11.3 Å². The van der Waals surface area contributed by atoms with Crippen LogP contribution in [0.15, 0.2) is 18.2 Å². The fourth-order valence-corrected chi connectivity index (χ4v) is 1.93. The van der Waals surface area contributed by atoms with Gasteiger partial charge in [0.25, 0.3) is 0 Å². The first-order chi connectivity index (χ1) is 7.95. The van der Waals surface area contributed by atoms with Crippen LogP contribution in [-0.2, 0) is 6.42 Å². The fraction of sp³-hybridized carbons (Fsp3) is 0.538. The van der Waals surface area contributed by atoms with Crippen molar-refractivity contribution in [1.82, 2.24) is 0 Å². The molecule has 0 aliphatic heterocycles. The van der Waals surface area contributed by atoms with E-state index in [-0.39, 0.29) is 19.1 Å². The highest BCUT2D eigenvalue weighted by Gasteiger charge is 2.33. The molecule has 1 aromatic rings. The summed E-state index contributed by atoms with van der Waals surface area (Å²) in [5.74, 6) is -0.350. The standard InChI is InChI=1S/C13H18ClFO2/c1-9(2)13(7-16,8-17)6-10-3-4-11(14)5-12(10)15/h3-5,9,16-17H,6-8H2,1-2H3. The number of rotatable bonds is 5. The highest BCUT2D eigenvalue weighted by molar-refractivity contribution is 6.30. The highest BCUT2D eigenvalue weighted by atomic mass is 35.5. The van der Waals surface area contributed by atoms with Crippen LogP contribution in [0.1, 0.15) is 19.4 Å². The molecule has 2 N–H and O–H groups in total. The van der Waals surface area contributed by atoms with Crippen molar-refractivity contribution in [2.75, 3.05) is 13.2 Å². The van der Waals surface area contributed by atoms with Crippen LogP contribution in [0, 0.1) is 17.2 Å². The average Bonchev–Trinajstić information content (AvgIpc) is 2.28. The Bertz CT molecular complexity index is 376. The highest BCUT2D eigenvalue weighted by Crippen LogP contribution is 2.32. The Hall–Kier alpha value is -0.640. The Labute approximate surface area is 106 Å². The summed E-state index contributed by atoms with van der Waals surface area (Å²) in [6, 6.07) is 4.46. The van der Waals surface area contributed by atoms with Crippen molar-refractivity contribution in [3.63, 3.8) is 0 Å². The van der Waals surface area contributed by atoms with Crippen molar-refractivity contribution in [3.05, 3.63) is 34.6 Å². The molecule has 0 unspecified atom stereocenters. The molecule has 0 radical (unpaired) electrons. The van der Waals surface area contributed by atoms with Gasteiger partial charge in [0.2, 0.25) is 0 Å². The van der Waals surface area contributed by atoms with Crippen molar-refractivity contribution in [1.29, 1.82) is 0 Å². The molecule has 1 aromatic carbocycles. The van der Waals surface area contributed by atoms with Gasteiger partial charge in [-0.05, 0) is 30.0 Å². The topological polar surface area (TPSA) is 40.5 Å². The summed E-state index contributed by atoms with van der Waals surface area (Å²) in [5, 5.41) is 19.2. The number of aliphatic hydroxyl groups excluding tert-OH is 2. The van der Waals surface area contributed by atoms with E-state index in [1.54, 1.807) is 12.1 Å². The summed E-state index contributed by atoms with van der Waals surface area (Å²) < 4.78 is 13.7. The summed E-state index contributed by atoms with van der Waals surface area (Å²) in [6.45, 7) is 3.45. The van der Waals surface area contributed by atoms with Crippen LogP contribution in [0.2, 0.25) is 5.02 Å². The molecular formula is C13H18ClFO2. The normalized spacial score (nSPS) is 12.2. The number of hydrogen-bond acceptors (Lipinski definition) is 2. The molecule has 0 spiro atoms. The molecule has 0 bridgehead atoms. The Morgan fingerprint density at radius 2 is 1.88 bits per heavy atom. The second kappa shape index (κ2) is 5.80. The zero-order chi connectivity index (χ0) is 13.1. The molecule has 0 amide bonds. The van der Waals surface area contributed by atoms with Gasteiger partial charge in [0, 0.05) is 10.4 Å². The smallest absolute Gasteiger partial charge is 0.127 e. The summed E-state index contributed by atoms with van der Waals surface area (Å²) in [5.41, 5.74) is -0.236. The van der Waals surface area contributed by atoms with Crippen molar-refractivity contribution in [2.45, 2.75) is 20.3 Å². The van der Waals surface area contributed by atoms with Crippen LogP contribution >= 0.6 is 11.6 Å². The van der Waals surface area contributed by atoms with E-state index >= 15 is 0 Å². The van der Waals surface area contributed by atoms with Crippen LogP contribution in [0.5, 0.6) is 0 Å². The van der Waals surface area contributed by atoms with E-state index in [0.717, 1.165) is 0 Å². The van der Waals surface area contributed by atoms with Crippen LogP contribution in [0.4, 0.5) is 4.39 Å². The molecule has 0 aliphatic rings. The second-order valence-electron chi connectivity index (χ2n) is 4.75. The van der Waals surface area contributed by atoms with E-state index in [1.807, 2.05) is 13.8 Å². The molecule has 96 valence electrons. The van der Waals surface area contributed by atoms with E-state index in [4.69, 9.17) is 11.6 Å². The summed E-state index contributed by atoms with van der Waals surface area (Å²) in [7, 11) is 0.